The highest BCUT2D eigenvalue weighted by molar-refractivity contribution is 4.99. The second-order valence-electron chi connectivity index (χ2n) is 5.88. The summed E-state index contributed by atoms with van der Waals surface area (Å²) < 4.78 is 5.30. The van der Waals surface area contributed by atoms with Gasteiger partial charge < -0.3 is 10.3 Å². The summed E-state index contributed by atoms with van der Waals surface area (Å²) in [5, 5.41) is 4.07. The molecule has 0 atom stereocenters. The van der Waals surface area contributed by atoms with Crippen molar-refractivity contribution in [2.75, 3.05) is 6.54 Å². The molecule has 0 radical (unpaired) electrons. The maximum absolute atomic E-state index is 5.60. The normalized spacial score (nSPS) is 17.1. The zero-order chi connectivity index (χ0) is 12.3. The fraction of sp³-hybridized carbons (Fsp3) is 0.846. The van der Waals surface area contributed by atoms with E-state index in [0.717, 1.165) is 37.5 Å². The molecule has 0 spiro atoms. The summed E-state index contributed by atoms with van der Waals surface area (Å²) >= 11 is 0. The van der Waals surface area contributed by atoms with Gasteiger partial charge in [-0.15, -0.1) is 0 Å². The SMILES string of the molecule is CC(C)(CCN)CCc1nc(C2CCC2)no1. The van der Waals surface area contributed by atoms with E-state index in [1.165, 1.54) is 19.3 Å². The summed E-state index contributed by atoms with van der Waals surface area (Å²) in [6.07, 6.45) is 6.70. The fourth-order valence-corrected chi connectivity index (χ4v) is 2.16. The number of nitrogens with two attached hydrogens (primary N) is 1. The van der Waals surface area contributed by atoms with E-state index in [-0.39, 0.29) is 5.41 Å². The highest BCUT2D eigenvalue weighted by Crippen LogP contribution is 2.34. The largest absolute Gasteiger partial charge is 0.339 e. The Bertz CT molecular complexity index is 355. The number of aromatic nitrogens is 2. The maximum atomic E-state index is 5.60. The first kappa shape index (κ1) is 12.6. The second kappa shape index (κ2) is 5.17. The highest BCUT2D eigenvalue weighted by Gasteiger charge is 2.25. The molecule has 1 fully saturated rings. The molecule has 1 saturated carbocycles. The molecule has 0 saturated heterocycles. The van der Waals surface area contributed by atoms with Crippen LogP contribution >= 0.6 is 0 Å². The van der Waals surface area contributed by atoms with E-state index in [4.69, 9.17) is 10.3 Å². The van der Waals surface area contributed by atoms with E-state index in [1.807, 2.05) is 0 Å². The van der Waals surface area contributed by atoms with Crippen LogP contribution in [0.2, 0.25) is 0 Å². The van der Waals surface area contributed by atoms with Gasteiger partial charge in [0.1, 0.15) is 0 Å². The van der Waals surface area contributed by atoms with Gasteiger partial charge in [-0.05, 0) is 37.6 Å². The van der Waals surface area contributed by atoms with Gasteiger partial charge in [-0.2, -0.15) is 4.98 Å². The number of nitrogens with zero attached hydrogens (tertiary/aromatic N) is 2. The van der Waals surface area contributed by atoms with Crippen LogP contribution in [0.15, 0.2) is 4.52 Å². The third-order valence-corrected chi connectivity index (χ3v) is 3.79. The third-order valence-electron chi connectivity index (χ3n) is 3.79. The van der Waals surface area contributed by atoms with Crippen molar-refractivity contribution < 1.29 is 4.52 Å². The van der Waals surface area contributed by atoms with E-state index in [9.17, 15) is 0 Å². The quantitative estimate of drug-likeness (QED) is 0.826. The van der Waals surface area contributed by atoms with Crippen LogP contribution in [0.25, 0.3) is 0 Å². The second-order valence-corrected chi connectivity index (χ2v) is 5.88. The topological polar surface area (TPSA) is 64.9 Å². The average Bonchev–Trinajstić information content (AvgIpc) is 2.61. The lowest BCUT2D eigenvalue weighted by Crippen LogP contribution is -2.18. The highest BCUT2D eigenvalue weighted by atomic mass is 16.5. The molecule has 0 bridgehead atoms. The van der Waals surface area contributed by atoms with Gasteiger partial charge in [0.25, 0.3) is 0 Å². The van der Waals surface area contributed by atoms with Crippen LogP contribution in [0, 0.1) is 5.41 Å². The minimum atomic E-state index is 0.264. The van der Waals surface area contributed by atoms with Crippen molar-refractivity contribution >= 4 is 0 Å². The van der Waals surface area contributed by atoms with E-state index in [0.29, 0.717) is 5.92 Å². The molecule has 1 aromatic heterocycles. The predicted octanol–water partition coefficient (Wildman–Crippen LogP) is 2.64. The van der Waals surface area contributed by atoms with Gasteiger partial charge >= 0.3 is 0 Å². The van der Waals surface area contributed by atoms with Crippen LogP contribution in [-0.4, -0.2) is 16.7 Å². The predicted molar refractivity (Wildman–Crippen MR) is 66.7 cm³/mol. The van der Waals surface area contributed by atoms with Gasteiger partial charge in [0.2, 0.25) is 5.89 Å². The monoisotopic (exact) mass is 237 g/mol. The van der Waals surface area contributed by atoms with Crippen molar-refractivity contribution in [2.24, 2.45) is 11.1 Å². The molecule has 1 aliphatic carbocycles. The van der Waals surface area contributed by atoms with Crippen LogP contribution in [0.5, 0.6) is 0 Å². The molecular weight excluding hydrogens is 214 g/mol. The van der Waals surface area contributed by atoms with Crippen LogP contribution in [0.1, 0.15) is 63.6 Å². The van der Waals surface area contributed by atoms with Crippen molar-refractivity contribution in [3.63, 3.8) is 0 Å². The maximum Gasteiger partial charge on any atom is 0.226 e. The summed E-state index contributed by atoms with van der Waals surface area (Å²) in [5.74, 6) is 2.27. The molecule has 0 unspecified atom stereocenters. The van der Waals surface area contributed by atoms with Crippen LogP contribution < -0.4 is 5.73 Å². The van der Waals surface area contributed by atoms with Crippen molar-refractivity contribution in [3.05, 3.63) is 11.7 Å². The number of aryl methyl sites for hydroxylation is 1. The summed E-state index contributed by atoms with van der Waals surface area (Å²) in [6.45, 7) is 5.22. The Hall–Kier alpha value is -0.900. The molecule has 4 heteroatoms. The Morgan fingerprint density at radius 2 is 2.12 bits per heavy atom. The van der Waals surface area contributed by atoms with Crippen molar-refractivity contribution in [2.45, 2.75) is 58.3 Å². The number of hydrogen-bond donors (Lipinski definition) is 1. The lowest BCUT2D eigenvalue weighted by molar-refractivity contribution is 0.287. The fourth-order valence-electron chi connectivity index (χ4n) is 2.16. The van der Waals surface area contributed by atoms with Crippen molar-refractivity contribution in [3.8, 4) is 0 Å². The molecule has 96 valence electrons. The van der Waals surface area contributed by atoms with Gasteiger partial charge in [-0.3, -0.25) is 0 Å². The Morgan fingerprint density at radius 3 is 2.71 bits per heavy atom. The minimum Gasteiger partial charge on any atom is -0.339 e. The first-order valence-electron chi connectivity index (χ1n) is 6.63. The van der Waals surface area contributed by atoms with Crippen LogP contribution in [0.3, 0.4) is 0 Å². The van der Waals surface area contributed by atoms with Crippen LogP contribution in [-0.2, 0) is 6.42 Å². The van der Waals surface area contributed by atoms with Gasteiger partial charge in [0.05, 0.1) is 0 Å². The Morgan fingerprint density at radius 1 is 1.35 bits per heavy atom. The molecule has 17 heavy (non-hydrogen) atoms. The molecule has 2 N–H and O–H groups in total. The lowest BCUT2D eigenvalue weighted by Gasteiger charge is -2.22. The third kappa shape index (κ3) is 3.28. The molecule has 1 aliphatic rings. The van der Waals surface area contributed by atoms with Crippen LogP contribution in [0.4, 0.5) is 0 Å². The Balaban J connectivity index is 1.84. The molecular formula is C13H23N3O. The zero-order valence-electron chi connectivity index (χ0n) is 10.9. The minimum absolute atomic E-state index is 0.264. The van der Waals surface area contributed by atoms with E-state index >= 15 is 0 Å². The molecule has 1 aromatic rings. The van der Waals surface area contributed by atoms with Gasteiger partial charge in [0.15, 0.2) is 5.82 Å². The summed E-state index contributed by atoms with van der Waals surface area (Å²) in [6, 6.07) is 0. The van der Waals surface area contributed by atoms with Gasteiger partial charge in [-0.1, -0.05) is 25.4 Å². The molecule has 1 heterocycles. The lowest BCUT2D eigenvalue weighted by atomic mass is 9.84. The first-order valence-corrected chi connectivity index (χ1v) is 6.63. The molecule has 2 rings (SSSR count). The number of hydrogen-bond acceptors (Lipinski definition) is 4. The molecule has 4 nitrogen and oxygen atoms in total. The van der Waals surface area contributed by atoms with Crippen molar-refractivity contribution in [1.29, 1.82) is 0 Å². The average molecular weight is 237 g/mol. The summed E-state index contributed by atoms with van der Waals surface area (Å²) in [7, 11) is 0. The first-order chi connectivity index (χ1) is 8.11. The Labute approximate surface area is 103 Å². The van der Waals surface area contributed by atoms with E-state index < -0.39 is 0 Å². The molecule has 0 aromatic carbocycles. The van der Waals surface area contributed by atoms with E-state index in [1.54, 1.807) is 0 Å². The molecule has 0 aliphatic heterocycles. The van der Waals surface area contributed by atoms with Gasteiger partial charge in [0, 0.05) is 12.3 Å². The van der Waals surface area contributed by atoms with E-state index in [2.05, 4.69) is 24.0 Å². The number of rotatable bonds is 6. The zero-order valence-corrected chi connectivity index (χ0v) is 10.9. The smallest absolute Gasteiger partial charge is 0.226 e. The summed E-state index contributed by atoms with van der Waals surface area (Å²) in [5.41, 5.74) is 5.87. The van der Waals surface area contributed by atoms with Crippen molar-refractivity contribution in [1.82, 2.24) is 10.1 Å². The molecule has 0 amide bonds. The summed E-state index contributed by atoms with van der Waals surface area (Å²) in [4.78, 5) is 4.49. The van der Waals surface area contributed by atoms with Gasteiger partial charge in [-0.25, -0.2) is 0 Å². The Kier molecular flexibility index (Phi) is 3.82. The standard InChI is InChI=1S/C13H23N3O/c1-13(2,8-9-14)7-6-11-15-12(16-17-11)10-4-3-5-10/h10H,3-9,14H2,1-2H3.